The summed E-state index contributed by atoms with van der Waals surface area (Å²) in [5.74, 6) is 2.12. The maximum Gasteiger partial charge on any atom is 0.233 e. The highest BCUT2D eigenvalue weighted by Gasteiger charge is 2.31. The van der Waals surface area contributed by atoms with Crippen LogP contribution in [0.5, 0.6) is 0 Å². The van der Waals surface area contributed by atoms with Crippen molar-refractivity contribution in [2.24, 2.45) is 0 Å². The van der Waals surface area contributed by atoms with Gasteiger partial charge in [0.15, 0.2) is 5.16 Å². The summed E-state index contributed by atoms with van der Waals surface area (Å²) in [5, 5.41) is 9.65. The molecule has 6 nitrogen and oxygen atoms in total. The van der Waals surface area contributed by atoms with Crippen LogP contribution in [0.25, 0.3) is 0 Å². The number of hydrogen-bond donors (Lipinski definition) is 0. The largest absolute Gasteiger partial charge is 0.375 e. The molecule has 26 heavy (non-hydrogen) atoms. The molecule has 0 N–H and O–H groups in total. The number of carbonyl (C=O) groups excluding carboxylic acids is 1. The first-order chi connectivity index (χ1) is 12.7. The number of morpholine rings is 1. The quantitative estimate of drug-likeness (QED) is 0.730. The van der Waals surface area contributed by atoms with Gasteiger partial charge in [-0.15, -0.1) is 10.2 Å². The van der Waals surface area contributed by atoms with Gasteiger partial charge in [0.2, 0.25) is 5.91 Å². The van der Waals surface area contributed by atoms with Crippen LogP contribution in [0.2, 0.25) is 0 Å². The summed E-state index contributed by atoms with van der Waals surface area (Å²) >= 11 is 1.49. The zero-order valence-corrected chi connectivity index (χ0v) is 15.8. The standard InChI is InChI=1S/C19H24N4O2S/c1-14-11-22(9-10-25-14)17(24)13-26-19-21-20-18(16-7-8-16)23(19)12-15-5-3-2-4-6-15/h2-6,14,16H,7-13H2,1H3/t14-/m1/s1. The maximum atomic E-state index is 12.5. The number of hydrogen-bond acceptors (Lipinski definition) is 5. The van der Waals surface area contributed by atoms with E-state index in [1.54, 1.807) is 0 Å². The van der Waals surface area contributed by atoms with Crippen molar-refractivity contribution in [2.45, 2.75) is 43.5 Å². The van der Waals surface area contributed by atoms with Crippen molar-refractivity contribution in [1.82, 2.24) is 19.7 Å². The molecule has 1 aliphatic heterocycles. The molecule has 0 unspecified atom stereocenters. The lowest BCUT2D eigenvalue weighted by atomic mass is 10.2. The van der Waals surface area contributed by atoms with Crippen molar-refractivity contribution in [2.75, 3.05) is 25.4 Å². The number of thioether (sulfide) groups is 1. The number of nitrogens with zero attached hydrogens (tertiary/aromatic N) is 4. The van der Waals surface area contributed by atoms with E-state index in [0.717, 1.165) is 17.5 Å². The van der Waals surface area contributed by atoms with Gasteiger partial charge >= 0.3 is 0 Å². The first-order valence-corrected chi connectivity index (χ1v) is 10.2. The van der Waals surface area contributed by atoms with E-state index in [1.165, 1.54) is 30.2 Å². The zero-order valence-electron chi connectivity index (χ0n) is 15.0. The van der Waals surface area contributed by atoms with Crippen molar-refractivity contribution in [3.05, 3.63) is 41.7 Å². The molecule has 0 bridgehead atoms. The molecular formula is C19H24N4O2S. The molecule has 0 radical (unpaired) electrons. The Bertz CT molecular complexity index is 760. The number of benzene rings is 1. The van der Waals surface area contributed by atoms with E-state index < -0.39 is 0 Å². The van der Waals surface area contributed by atoms with Gasteiger partial charge in [0, 0.05) is 19.0 Å². The molecule has 2 aromatic rings. The third-order valence-corrected chi connectivity index (χ3v) is 5.74. The van der Waals surface area contributed by atoms with Crippen LogP contribution < -0.4 is 0 Å². The minimum atomic E-state index is 0.112. The number of aromatic nitrogens is 3. The van der Waals surface area contributed by atoms with E-state index in [-0.39, 0.29) is 12.0 Å². The highest BCUT2D eigenvalue weighted by molar-refractivity contribution is 7.99. The molecule has 1 aromatic carbocycles. The molecule has 2 fully saturated rings. The average molecular weight is 372 g/mol. The minimum Gasteiger partial charge on any atom is -0.375 e. The van der Waals surface area contributed by atoms with Crippen LogP contribution in [0.1, 0.15) is 37.1 Å². The van der Waals surface area contributed by atoms with Gasteiger partial charge in [-0.25, -0.2) is 0 Å². The Balaban J connectivity index is 1.45. The molecule has 138 valence electrons. The second kappa shape index (κ2) is 7.80. The summed E-state index contributed by atoms with van der Waals surface area (Å²) in [4.78, 5) is 14.4. The van der Waals surface area contributed by atoms with Crippen LogP contribution in [0.15, 0.2) is 35.5 Å². The monoisotopic (exact) mass is 372 g/mol. The fourth-order valence-corrected chi connectivity index (χ4v) is 4.08. The third kappa shape index (κ3) is 4.10. The summed E-state index contributed by atoms with van der Waals surface area (Å²) in [5.41, 5.74) is 1.23. The van der Waals surface area contributed by atoms with Gasteiger partial charge < -0.3 is 14.2 Å². The number of amides is 1. The maximum absolute atomic E-state index is 12.5. The minimum absolute atomic E-state index is 0.112. The van der Waals surface area contributed by atoms with Crippen molar-refractivity contribution in [1.29, 1.82) is 0 Å². The lowest BCUT2D eigenvalue weighted by Gasteiger charge is -2.31. The Morgan fingerprint density at radius 1 is 1.27 bits per heavy atom. The van der Waals surface area contributed by atoms with Gasteiger partial charge in [-0.3, -0.25) is 4.79 Å². The summed E-state index contributed by atoms with van der Waals surface area (Å²) in [6.07, 6.45) is 2.48. The summed E-state index contributed by atoms with van der Waals surface area (Å²) < 4.78 is 7.70. The molecule has 4 rings (SSSR count). The van der Waals surface area contributed by atoms with Gasteiger partial charge in [0.1, 0.15) is 5.82 Å². The fourth-order valence-electron chi connectivity index (χ4n) is 3.23. The predicted octanol–water partition coefficient (Wildman–Crippen LogP) is 2.54. The molecular weight excluding hydrogens is 348 g/mol. The molecule has 1 aromatic heterocycles. The van der Waals surface area contributed by atoms with Gasteiger partial charge in [0.25, 0.3) is 0 Å². The van der Waals surface area contributed by atoms with E-state index in [9.17, 15) is 4.79 Å². The molecule has 2 heterocycles. The SMILES string of the molecule is C[C@@H]1CN(C(=O)CSc2nnc(C3CC3)n2Cc2ccccc2)CCO1. The van der Waals surface area contributed by atoms with E-state index in [0.29, 0.717) is 31.4 Å². The average Bonchev–Trinajstić information content (AvgIpc) is 3.43. The van der Waals surface area contributed by atoms with Crippen molar-refractivity contribution < 1.29 is 9.53 Å². The molecule has 1 aliphatic carbocycles. The van der Waals surface area contributed by atoms with Crippen molar-refractivity contribution in [3.8, 4) is 0 Å². The summed E-state index contributed by atoms with van der Waals surface area (Å²) in [6.45, 7) is 4.72. The first-order valence-electron chi connectivity index (χ1n) is 9.20. The van der Waals surface area contributed by atoms with Crippen molar-refractivity contribution in [3.63, 3.8) is 0 Å². The first kappa shape index (κ1) is 17.5. The van der Waals surface area contributed by atoms with Crippen LogP contribution in [0.3, 0.4) is 0 Å². The van der Waals surface area contributed by atoms with Crippen LogP contribution in [0, 0.1) is 0 Å². The normalized spacial score (nSPS) is 20.3. The van der Waals surface area contributed by atoms with E-state index >= 15 is 0 Å². The Morgan fingerprint density at radius 2 is 2.08 bits per heavy atom. The molecule has 2 aliphatic rings. The topological polar surface area (TPSA) is 60.2 Å². The number of rotatable bonds is 6. The Kier molecular flexibility index (Phi) is 5.26. The van der Waals surface area contributed by atoms with Gasteiger partial charge in [-0.1, -0.05) is 42.1 Å². The molecule has 1 amide bonds. The van der Waals surface area contributed by atoms with Gasteiger partial charge in [-0.2, -0.15) is 0 Å². The summed E-state index contributed by atoms with van der Waals surface area (Å²) in [6, 6.07) is 10.4. The fraction of sp³-hybridized carbons (Fsp3) is 0.526. The highest BCUT2D eigenvalue weighted by Crippen LogP contribution is 2.40. The van der Waals surface area contributed by atoms with Crippen LogP contribution >= 0.6 is 11.8 Å². The van der Waals surface area contributed by atoms with Gasteiger partial charge in [-0.05, 0) is 25.3 Å². The number of carbonyl (C=O) groups is 1. The Hall–Kier alpha value is -1.86. The lowest BCUT2D eigenvalue weighted by Crippen LogP contribution is -2.45. The molecule has 0 spiro atoms. The van der Waals surface area contributed by atoms with Crippen LogP contribution in [0.4, 0.5) is 0 Å². The zero-order chi connectivity index (χ0) is 17.9. The Labute approximate surface area is 157 Å². The van der Waals surface area contributed by atoms with Crippen LogP contribution in [-0.2, 0) is 16.1 Å². The second-order valence-electron chi connectivity index (χ2n) is 7.00. The van der Waals surface area contributed by atoms with Gasteiger partial charge in [0.05, 0.1) is 25.0 Å². The third-order valence-electron chi connectivity index (χ3n) is 4.79. The molecule has 1 saturated carbocycles. The van der Waals surface area contributed by atoms with E-state index in [4.69, 9.17) is 4.74 Å². The predicted molar refractivity (Wildman–Crippen MR) is 100 cm³/mol. The molecule has 7 heteroatoms. The highest BCUT2D eigenvalue weighted by atomic mass is 32.2. The summed E-state index contributed by atoms with van der Waals surface area (Å²) in [7, 11) is 0. The van der Waals surface area contributed by atoms with E-state index in [2.05, 4.69) is 26.9 Å². The second-order valence-corrected chi connectivity index (χ2v) is 7.94. The van der Waals surface area contributed by atoms with Crippen molar-refractivity contribution >= 4 is 17.7 Å². The molecule has 1 atom stereocenters. The van der Waals surface area contributed by atoms with E-state index in [1.807, 2.05) is 30.0 Å². The van der Waals surface area contributed by atoms with Crippen LogP contribution in [-0.4, -0.2) is 57.1 Å². The Morgan fingerprint density at radius 3 is 2.81 bits per heavy atom. The lowest BCUT2D eigenvalue weighted by molar-refractivity contribution is -0.135. The number of ether oxygens (including phenoxy) is 1. The molecule has 1 saturated heterocycles. The smallest absolute Gasteiger partial charge is 0.233 e.